The Balaban J connectivity index is 1.73. The summed E-state index contributed by atoms with van der Waals surface area (Å²) in [6, 6.07) is 4.63. The lowest BCUT2D eigenvalue weighted by atomic mass is 10.1. The van der Waals surface area contributed by atoms with E-state index in [9.17, 15) is 0 Å². The number of H-pyrrole nitrogens is 1. The minimum Gasteiger partial charge on any atom is -0.289 e. The van der Waals surface area contributed by atoms with Crippen molar-refractivity contribution < 1.29 is 0 Å². The highest BCUT2D eigenvalue weighted by Gasteiger charge is 2.26. The number of aryl methyl sites for hydroxylation is 1. The lowest BCUT2D eigenvalue weighted by molar-refractivity contribution is 0.242. The van der Waals surface area contributed by atoms with Crippen LogP contribution in [0.2, 0.25) is 0 Å². The maximum atomic E-state index is 4.50. The van der Waals surface area contributed by atoms with Gasteiger partial charge in [0.1, 0.15) is 11.6 Å². The van der Waals surface area contributed by atoms with E-state index in [1.807, 2.05) is 18.5 Å². The number of likely N-dealkylation sites (tertiary alicyclic amines) is 1. The van der Waals surface area contributed by atoms with Crippen LogP contribution in [0, 0.1) is 0 Å². The summed E-state index contributed by atoms with van der Waals surface area (Å²) in [5, 5.41) is 7.24. The van der Waals surface area contributed by atoms with Crippen LogP contribution in [-0.2, 0) is 13.0 Å². The van der Waals surface area contributed by atoms with Gasteiger partial charge in [-0.2, -0.15) is 5.10 Å². The maximum absolute atomic E-state index is 4.50. The predicted molar refractivity (Wildman–Crippen MR) is 72.4 cm³/mol. The highest BCUT2D eigenvalue weighted by molar-refractivity contribution is 5.15. The molecule has 1 unspecified atom stereocenters. The Kier molecular flexibility index (Phi) is 3.55. The lowest BCUT2D eigenvalue weighted by Crippen LogP contribution is -2.23. The molecule has 0 amide bonds. The summed E-state index contributed by atoms with van der Waals surface area (Å²) in [7, 11) is 0. The second-order valence-corrected chi connectivity index (χ2v) is 4.97. The molecule has 1 aliphatic rings. The van der Waals surface area contributed by atoms with E-state index in [1.165, 1.54) is 18.4 Å². The van der Waals surface area contributed by atoms with E-state index < -0.39 is 0 Å². The van der Waals surface area contributed by atoms with Crippen LogP contribution in [0.15, 0.2) is 24.5 Å². The Labute approximate surface area is 113 Å². The van der Waals surface area contributed by atoms with Crippen LogP contribution in [0.1, 0.15) is 43.0 Å². The highest BCUT2D eigenvalue weighted by Crippen LogP contribution is 2.32. The fraction of sp³-hybridized carbons (Fsp3) is 0.500. The molecule has 1 saturated heterocycles. The summed E-state index contributed by atoms with van der Waals surface area (Å²) in [5.41, 5.74) is 1.30. The van der Waals surface area contributed by atoms with E-state index in [-0.39, 0.29) is 0 Å². The molecule has 1 aliphatic heterocycles. The topological polar surface area (TPSA) is 57.7 Å². The lowest BCUT2D eigenvalue weighted by Gasteiger charge is -2.23. The Morgan fingerprint density at radius 3 is 3.16 bits per heavy atom. The van der Waals surface area contributed by atoms with Crippen molar-refractivity contribution in [1.29, 1.82) is 0 Å². The van der Waals surface area contributed by atoms with Gasteiger partial charge in [-0.15, -0.1) is 0 Å². The zero-order chi connectivity index (χ0) is 13.1. The van der Waals surface area contributed by atoms with Crippen molar-refractivity contribution in [2.45, 2.75) is 38.8 Å². The molecule has 0 bridgehead atoms. The molecule has 0 aromatic carbocycles. The molecular formula is C14H19N5. The minimum absolute atomic E-state index is 0.462. The van der Waals surface area contributed by atoms with Crippen molar-refractivity contribution in [3.63, 3.8) is 0 Å². The van der Waals surface area contributed by atoms with Gasteiger partial charge >= 0.3 is 0 Å². The maximum Gasteiger partial charge on any atom is 0.150 e. The summed E-state index contributed by atoms with van der Waals surface area (Å²) in [4.78, 5) is 11.2. The first-order chi connectivity index (χ1) is 9.36. The zero-order valence-electron chi connectivity index (χ0n) is 11.2. The fourth-order valence-corrected chi connectivity index (χ4v) is 2.72. The molecule has 0 spiro atoms. The summed E-state index contributed by atoms with van der Waals surface area (Å²) >= 11 is 0. The zero-order valence-corrected chi connectivity index (χ0v) is 11.2. The third-order valence-electron chi connectivity index (χ3n) is 3.68. The first-order valence-electron chi connectivity index (χ1n) is 6.91. The fourth-order valence-electron chi connectivity index (χ4n) is 2.72. The number of pyridine rings is 1. The van der Waals surface area contributed by atoms with Gasteiger partial charge in [0.15, 0.2) is 0 Å². The number of nitrogens with zero attached hydrogens (tertiary/aromatic N) is 4. The molecule has 100 valence electrons. The smallest absolute Gasteiger partial charge is 0.150 e. The van der Waals surface area contributed by atoms with Gasteiger partial charge in [-0.1, -0.05) is 13.0 Å². The molecule has 0 aliphatic carbocycles. The summed E-state index contributed by atoms with van der Waals surface area (Å²) in [5.74, 6) is 1.86. The molecule has 3 rings (SSSR count). The molecule has 3 heterocycles. The van der Waals surface area contributed by atoms with Gasteiger partial charge in [0.2, 0.25) is 0 Å². The van der Waals surface area contributed by atoms with Gasteiger partial charge in [-0.3, -0.25) is 15.0 Å². The summed E-state index contributed by atoms with van der Waals surface area (Å²) < 4.78 is 0. The standard InChI is InChI=1S/C14H19N5/c1-2-13-16-14(18-17-13)10-19-8-4-6-12(19)11-5-3-7-15-9-11/h3,5,7,9,12H,2,4,6,8,10H2,1H3,(H,16,17,18). The van der Waals surface area contributed by atoms with E-state index in [2.05, 4.69) is 38.1 Å². The highest BCUT2D eigenvalue weighted by atomic mass is 15.3. The number of nitrogens with one attached hydrogen (secondary N) is 1. The second kappa shape index (κ2) is 5.48. The number of hydrogen-bond acceptors (Lipinski definition) is 4. The summed E-state index contributed by atoms with van der Waals surface area (Å²) in [6.45, 7) is 4.02. The molecule has 1 N–H and O–H groups in total. The van der Waals surface area contributed by atoms with E-state index in [0.717, 1.165) is 31.2 Å². The minimum atomic E-state index is 0.462. The van der Waals surface area contributed by atoms with Gasteiger partial charge in [0.05, 0.1) is 6.54 Å². The van der Waals surface area contributed by atoms with Gasteiger partial charge in [-0.05, 0) is 31.0 Å². The average molecular weight is 257 g/mol. The number of aromatic nitrogens is 4. The molecule has 0 radical (unpaired) electrons. The average Bonchev–Trinajstić information content (AvgIpc) is 3.09. The third-order valence-corrected chi connectivity index (χ3v) is 3.68. The van der Waals surface area contributed by atoms with Crippen molar-refractivity contribution in [2.75, 3.05) is 6.54 Å². The van der Waals surface area contributed by atoms with Crippen LogP contribution in [0.5, 0.6) is 0 Å². The molecule has 5 heteroatoms. The number of aromatic amines is 1. The van der Waals surface area contributed by atoms with E-state index in [1.54, 1.807) is 0 Å². The van der Waals surface area contributed by atoms with Gasteiger partial charge in [0, 0.05) is 24.9 Å². The van der Waals surface area contributed by atoms with Crippen molar-refractivity contribution in [1.82, 2.24) is 25.1 Å². The van der Waals surface area contributed by atoms with Crippen molar-refractivity contribution >= 4 is 0 Å². The Morgan fingerprint density at radius 2 is 2.42 bits per heavy atom. The van der Waals surface area contributed by atoms with Gasteiger partial charge < -0.3 is 0 Å². The van der Waals surface area contributed by atoms with E-state index in [4.69, 9.17) is 0 Å². The molecule has 2 aromatic heterocycles. The molecule has 2 aromatic rings. The van der Waals surface area contributed by atoms with Crippen molar-refractivity contribution in [2.24, 2.45) is 0 Å². The summed E-state index contributed by atoms with van der Waals surface area (Å²) in [6.07, 6.45) is 7.10. The number of rotatable bonds is 4. The van der Waals surface area contributed by atoms with Crippen LogP contribution >= 0.6 is 0 Å². The van der Waals surface area contributed by atoms with Gasteiger partial charge in [-0.25, -0.2) is 4.98 Å². The third kappa shape index (κ3) is 2.66. The molecule has 1 fully saturated rings. The van der Waals surface area contributed by atoms with E-state index in [0.29, 0.717) is 6.04 Å². The van der Waals surface area contributed by atoms with Gasteiger partial charge in [0.25, 0.3) is 0 Å². The monoisotopic (exact) mass is 257 g/mol. The first kappa shape index (κ1) is 12.3. The molecule has 1 atom stereocenters. The van der Waals surface area contributed by atoms with E-state index >= 15 is 0 Å². The molecule has 0 saturated carbocycles. The molecular weight excluding hydrogens is 238 g/mol. The van der Waals surface area contributed by atoms with Crippen LogP contribution in [0.25, 0.3) is 0 Å². The Morgan fingerprint density at radius 1 is 1.47 bits per heavy atom. The SMILES string of the molecule is CCc1n[nH]c(CN2CCCC2c2cccnc2)n1. The first-order valence-corrected chi connectivity index (χ1v) is 6.91. The van der Waals surface area contributed by atoms with Crippen molar-refractivity contribution in [3.8, 4) is 0 Å². The predicted octanol–water partition coefficient (Wildman–Crippen LogP) is 2.10. The Bertz CT molecular complexity index is 522. The van der Waals surface area contributed by atoms with Crippen molar-refractivity contribution in [3.05, 3.63) is 41.7 Å². The Hall–Kier alpha value is -1.75. The number of hydrogen-bond donors (Lipinski definition) is 1. The quantitative estimate of drug-likeness (QED) is 0.911. The molecule has 19 heavy (non-hydrogen) atoms. The van der Waals surface area contributed by atoms with Crippen LogP contribution < -0.4 is 0 Å². The second-order valence-electron chi connectivity index (χ2n) is 4.97. The normalized spacial score (nSPS) is 19.9. The van der Waals surface area contributed by atoms with Crippen LogP contribution in [0.4, 0.5) is 0 Å². The largest absolute Gasteiger partial charge is 0.289 e. The van der Waals surface area contributed by atoms with Crippen LogP contribution in [0.3, 0.4) is 0 Å². The molecule has 5 nitrogen and oxygen atoms in total. The van der Waals surface area contributed by atoms with Crippen LogP contribution in [-0.4, -0.2) is 31.6 Å².